The monoisotopic (exact) mass is 393 g/mol. The predicted octanol–water partition coefficient (Wildman–Crippen LogP) is 2.18. The minimum Gasteiger partial charge on any atom is -0.370 e. The molecule has 0 atom stereocenters. The predicted molar refractivity (Wildman–Crippen MR) is 103 cm³/mol. The molecule has 0 spiro atoms. The molecule has 2 aromatic rings. The minimum atomic E-state index is -3.72. The molecular formula is C18H24FN5O2S. The zero-order valence-electron chi connectivity index (χ0n) is 15.7. The molecule has 0 radical (unpaired) electrons. The number of sulfonamides is 1. The van der Waals surface area contributed by atoms with Crippen LogP contribution in [0.1, 0.15) is 18.3 Å². The van der Waals surface area contributed by atoms with Crippen LogP contribution in [0.2, 0.25) is 0 Å². The standard InChI is InChI=1S/C18H24FN5O2S/c1-4-20-17-12-18(22-14(3)21-17)23-7-9-24(10-8-23)27(25,26)16-11-15(19)6-5-13(16)2/h5-6,11-12H,4,7-10H2,1-3H3,(H,20,21,22). The Hall–Kier alpha value is -2.26. The van der Waals surface area contributed by atoms with Crippen molar-refractivity contribution in [2.24, 2.45) is 0 Å². The summed E-state index contributed by atoms with van der Waals surface area (Å²) in [6, 6.07) is 5.72. The second-order valence-corrected chi connectivity index (χ2v) is 8.40. The number of nitrogens with zero attached hydrogens (tertiary/aromatic N) is 4. The molecule has 1 aromatic heterocycles. The fourth-order valence-corrected chi connectivity index (χ4v) is 4.79. The van der Waals surface area contributed by atoms with Gasteiger partial charge in [0.1, 0.15) is 23.3 Å². The number of nitrogens with one attached hydrogen (secondary N) is 1. The average molecular weight is 393 g/mol. The van der Waals surface area contributed by atoms with E-state index in [4.69, 9.17) is 0 Å². The van der Waals surface area contributed by atoms with E-state index in [9.17, 15) is 12.8 Å². The Morgan fingerprint density at radius 2 is 1.81 bits per heavy atom. The lowest BCUT2D eigenvalue weighted by molar-refractivity contribution is 0.383. The Morgan fingerprint density at radius 3 is 2.48 bits per heavy atom. The molecule has 0 aliphatic carbocycles. The maximum Gasteiger partial charge on any atom is 0.243 e. The molecule has 1 aromatic carbocycles. The Kier molecular flexibility index (Phi) is 5.61. The fourth-order valence-electron chi connectivity index (χ4n) is 3.13. The first-order chi connectivity index (χ1) is 12.8. The normalized spacial score (nSPS) is 15.8. The first kappa shape index (κ1) is 19.5. The van der Waals surface area contributed by atoms with Crippen molar-refractivity contribution < 1.29 is 12.8 Å². The number of hydrogen-bond acceptors (Lipinski definition) is 6. The zero-order chi connectivity index (χ0) is 19.6. The van der Waals surface area contributed by atoms with Crippen molar-refractivity contribution in [1.29, 1.82) is 0 Å². The molecule has 146 valence electrons. The van der Waals surface area contributed by atoms with E-state index in [0.717, 1.165) is 24.2 Å². The molecule has 7 nitrogen and oxygen atoms in total. The van der Waals surface area contributed by atoms with Crippen LogP contribution in [0.3, 0.4) is 0 Å². The van der Waals surface area contributed by atoms with Crippen LogP contribution < -0.4 is 10.2 Å². The van der Waals surface area contributed by atoms with Crippen LogP contribution in [-0.2, 0) is 10.0 Å². The molecule has 0 amide bonds. The highest BCUT2D eigenvalue weighted by molar-refractivity contribution is 7.89. The lowest BCUT2D eigenvalue weighted by Gasteiger charge is -2.35. The summed E-state index contributed by atoms with van der Waals surface area (Å²) in [5, 5.41) is 3.17. The molecule has 0 saturated carbocycles. The maximum atomic E-state index is 13.6. The summed E-state index contributed by atoms with van der Waals surface area (Å²) < 4.78 is 40.8. The molecule has 1 saturated heterocycles. The zero-order valence-corrected chi connectivity index (χ0v) is 16.6. The van der Waals surface area contributed by atoms with Gasteiger partial charge in [0, 0.05) is 38.8 Å². The molecule has 1 aliphatic heterocycles. The van der Waals surface area contributed by atoms with Crippen molar-refractivity contribution in [2.75, 3.05) is 42.9 Å². The van der Waals surface area contributed by atoms with Gasteiger partial charge in [0.05, 0.1) is 4.90 Å². The molecule has 2 heterocycles. The van der Waals surface area contributed by atoms with E-state index in [0.29, 0.717) is 37.6 Å². The van der Waals surface area contributed by atoms with E-state index in [1.54, 1.807) is 6.92 Å². The molecule has 1 fully saturated rings. The van der Waals surface area contributed by atoms with Gasteiger partial charge in [0.25, 0.3) is 0 Å². The third-order valence-corrected chi connectivity index (χ3v) is 6.55. The fraction of sp³-hybridized carbons (Fsp3) is 0.444. The smallest absolute Gasteiger partial charge is 0.243 e. The highest BCUT2D eigenvalue weighted by atomic mass is 32.2. The summed E-state index contributed by atoms with van der Waals surface area (Å²) in [5.41, 5.74) is 0.542. The number of aromatic nitrogens is 2. The van der Waals surface area contributed by atoms with Crippen molar-refractivity contribution in [3.05, 3.63) is 41.5 Å². The van der Waals surface area contributed by atoms with E-state index in [1.165, 1.54) is 16.4 Å². The van der Waals surface area contributed by atoms with E-state index < -0.39 is 15.8 Å². The Labute approximate surface area is 159 Å². The van der Waals surface area contributed by atoms with Crippen LogP contribution in [0.25, 0.3) is 0 Å². The number of piperazine rings is 1. The van der Waals surface area contributed by atoms with Crippen LogP contribution in [0, 0.1) is 19.7 Å². The summed E-state index contributed by atoms with van der Waals surface area (Å²) in [6.45, 7) is 7.91. The topological polar surface area (TPSA) is 78.4 Å². The summed E-state index contributed by atoms with van der Waals surface area (Å²) in [6.07, 6.45) is 0. The molecule has 27 heavy (non-hydrogen) atoms. The first-order valence-corrected chi connectivity index (χ1v) is 10.4. The van der Waals surface area contributed by atoms with Crippen molar-refractivity contribution in [2.45, 2.75) is 25.7 Å². The van der Waals surface area contributed by atoms with Gasteiger partial charge in [0.2, 0.25) is 10.0 Å². The number of hydrogen-bond donors (Lipinski definition) is 1. The molecule has 0 unspecified atom stereocenters. The van der Waals surface area contributed by atoms with Crippen LogP contribution in [0.5, 0.6) is 0 Å². The lowest BCUT2D eigenvalue weighted by Crippen LogP contribution is -2.49. The third-order valence-electron chi connectivity index (χ3n) is 4.51. The summed E-state index contributed by atoms with van der Waals surface area (Å²) in [4.78, 5) is 10.9. The summed E-state index contributed by atoms with van der Waals surface area (Å²) >= 11 is 0. The van der Waals surface area contributed by atoms with E-state index in [1.807, 2.05) is 24.8 Å². The van der Waals surface area contributed by atoms with Crippen molar-refractivity contribution in [3.63, 3.8) is 0 Å². The quantitative estimate of drug-likeness (QED) is 0.839. The highest BCUT2D eigenvalue weighted by Gasteiger charge is 2.30. The number of halogens is 1. The summed E-state index contributed by atoms with van der Waals surface area (Å²) in [7, 11) is -3.72. The Bertz CT molecular complexity index is 927. The number of rotatable bonds is 5. The second-order valence-electron chi connectivity index (χ2n) is 6.49. The Morgan fingerprint density at radius 1 is 1.11 bits per heavy atom. The van der Waals surface area contributed by atoms with Gasteiger partial charge in [-0.25, -0.2) is 22.8 Å². The van der Waals surface area contributed by atoms with Crippen LogP contribution in [0.15, 0.2) is 29.2 Å². The molecule has 1 N–H and O–H groups in total. The highest BCUT2D eigenvalue weighted by Crippen LogP contribution is 2.24. The SMILES string of the molecule is CCNc1cc(N2CCN(S(=O)(=O)c3cc(F)ccc3C)CC2)nc(C)n1. The molecule has 0 bridgehead atoms. The first-order valence-electron chi connectivity index (χ1n) is 8.92. The number of aryl methyl sites for hydroxylation is 2. The molecular weight excluding hydrogens is 369 g/mol. The van der Waals surface area contributed by atoms with Gasteiger partial charge in [-0.15, -0.1) is 0 Å². The van der Waals surface area contributed by atoms with E-state index in [2.05, 4.69) is 15.3 Å². The van der Waals surface area contributed by atoms with E-state index >= 15 is 0 Å². The summed E-state index contributed by atoms with van der Waals surface area (Å²) in [5.74, 6) is 1.64. The third kappa shape index (κ3) is 4.19. The average Bonchev–Trinajstić information content (AvgIpc) is 2.63. The lowest BCUT2D eigenvalue weighted by atomic mass is 10.2. The second kappa shape index (κ2) is 7.77. The van der Waals surface area contributed by atoms with Gasteiger partial charge in [-0.3, -0.25) is 0 Å². The van der Waals surface area contributed by atoms with Crippen molar-refractivity contribution >= 4 is 21.7 Å². The van der Waals surface area contributed by atoms with Gasteiger partial charge >= 0.3 is 0 Å². The number of anilines is 2. The maximum absolute atomic E-state index is 13.6. The largest absolute Gasteiger partial charge is 0.370 e. The van der Waals surface area contributed by atoms with Gasteiger partial charge < -0.3 is 10.2 Å². The van der Waals surface area contributed by atoms with Crippen LogP contribution in [-0.4, -0.2) is 55.4 Å². The van der Waals surface area contributed by atoms with Gasteiger partial charge in [0.15, 0.2) is 0 Å². The van der Waals surface area contributed by atoms with Gasteiger partial charge in [-0.05, 0) is 38.5 Å². The molecule has 9 heteroatoms. The van der Waals surface area contributed by atoms with Crippen molar-refractivity contribution in [3.8, 4) is 0 Å². The molecule has 3 rings (SSSR count). The Balaban J connectivity index is 1.76. The van der Waals surface area contributed by atoms with Crippen LogP contribution >= 0.6 is 0 Å². The van der Waals surface area contributed by atoms with Crippen LogP contribution in [0.4, 0.5) is 16.0 Å². The van der Waals surface area contributed by atoms with E-state index in [-0.39, 0.29) is 4.90 Å². The van der Waals surface area contributed by atoms with Crippen molar-refractivity contribution in [1.82, 2.24) is 14.3 Å². The number of benzene rings is 1. The minimum absolute atomic E-state index is 0.0308. The van der Waals surface area contributed by atoms with Gasteiger partial charge in [-0.1, -0.05) is 6.07 Å². The molecule has 1 aliphatic rings. The van der Waals surface area contributed by atoms with Gasteiger partial charge in [-0.2, -0.15) is 4.31 Å².